The van der Waals surface area contributed by atoms with Crippen LogP contribution in [-0.2, 0) is 0 Å². The average molecular weight is 241 g/mol. The Morgan fingerprint density at radius 1 is 1.78 bits per heavy atom. The molecule has 1 rings (SSSR count). The van der Waals surface area contributed by atoms with Crippen LogP contribution in [0.5, 0.6) is 0 Å². The first kappa shape index (κ1) is 7.75. The van der Waals surface area contributed by atoms with Gasteiger partial charge in [0, 0.05) is 36.0 Å². The van der Waals surface area contributed by atoms with Gasteiger partial charge in [0.1, 0.15) is 0 Å². The van der Waals surface area contributed by atoms with E-state index in [9.17, 15) is 5.11 Å². The van der Waals surface area contributed by atoms with Crippen molar-refractivity contribution < 1.29 is 5.11 Å². The summed E-state index contributed by atoms with van der Waals surface area (Å²) in [6, 6.07) is 0. The lowest BCUT2D eigenvalue weighted by Crippen LogP contribution is -2.29. The average Bonchev–Trinajstić information content (AvgIpc) is 2.13. The van der Waals surface area contributed by atoms with Crippen LogP contribution in [0.2, 0.25) is 0 Å². The van der Waals surface area contributed by atoms with Crippen molar-refractivity contribution in [2.45, 2.75) is 25.4 Å². The number of hydrogen-bond donors (Lipinski definition) is 1. The van der Waals surface area contributed by atoms with Crippen molar-refractivity contribution >= 4 is 22.9 Å². The Hall–Kier alpha value is 0.650. The fraction of sp³-hybridized carbons (Fsp3) is 1.00. The van der Waals surface area contributed by atoms with Crippen LogP contribution in [0.25, 0.3) is 0 Å². The van der Waals surface area contributed by atoms with Crippen LogP contribution in [-0.4, -0.2) is 26.9 Å². The lowest BCUT2D eigenvalue weighted by atomic mass is 10.0. The molecule has 3 heteroatoms. The molecule has 1 aliphatic rings. The summed E-state index contributed by atoms with van der Waals surface area (Å²) in [6.45, 7) is 3.91. The molecule has 1 saturated heterocycles. The number of rotatable bonds is 1. The third-order valence-electron chi connectivity index (χ3n) is 1.94. The highest BCUT2D eigenvalue weighted by Gasteiger charge is 2.32. The number of β-amino-alcohol motifs (C(OH)–C–C–N with tert-alkyl or cyclic N) is 1. The van der Waals surface area contributed by atoms with Crippen molar-refractivity contribution in [3.63, 3.8) is 0 Å². The summed E-state index contributed by atoms with van der Waals surface area (Å²) in [6.07, 6.45) is 1.82. The second kappa shape index (κ2) is 2.72. The molecule has 0 spiro atoms. The zero-order valence-corrected chi connectivity index (χ0v) is 7.76. The molecule has 0 saturated carbocycles. The monoisotopic (exact) mass is 241 g/mol. The molecular formula is C6H12INO. The van der Waals surface area contributed by atoms with Crippen LogP contribution in [0, 0.1) is 0 Å². The van der Waals surface area contributed by atoms with E-state index in [0.717, 1.165) is 25.9 Å². The van der Waals surface area contributed by atoms with E-state index in [1.54, 1.807) is 0 Å². The molecule has 9 heavy (non-hydrogen) atoms. The molecule has 2 nitrogen and oxygen atoms in total. The maximum atomic E-state index is 9.62. The third kappa shape index (κ3) is 1.78. The highest BCUT2D eigenvalue weighted by atomic mass is 127. The van der Waals surface area contributed by atoms with Crippen LogP contribution in [0.15, 0.2) is 0 Å². The smallest absolute Gasteiger partial charge is 0.0792 e. The third-order valence-corrected chi connectivity index (χ3v) is 2.77. The molecule has 1 heterocycles. The molecule has 1 N–H and O–H groups in total. The van der Waals surface area contributed by atoms with Crippen molar-refractivity contribution in [2.24, 2.45) is 0 Å². The van der Waals surface area contributed by atoms with E-state index < -0.39 is 0 Å². The van der Waals surface area contributed by atoms with Crippen molar-refractivity contribution in [2.75, 3.05) is 13.1 Å². The summed E-state index contributed by atoms with van der Waals surface area (Å²) in [4.78, 5) is 0. The topological polar surface area (TPSA) is 23.5 Å². The summed E-state index contributed by atoms with van der Waals surface area (Å²) in [5, 5.41) is 9.62. The zero-order valence-electron chi connectivity index (χ0n) is 5.60. The van der Waals surface area contributed by atoms with Gasteiger partial charge in [-0.2, -0.15) is 0 Å². The molecule has 0 radical (unpaired) electrons. The van der Waals surface area contributed by atoms with Gasteiger partial charge >= 0.3 is 0 Å². The van der Waals surface area contributed by atoms with Gasteiger partial charge in [-0.15, -0.1) is 0 Å². The Kier molecular flexibility index (Phi) is 2.34. The largest absolute Gasteiger partial charge is 0.388 e. The quantitative estimate of drug-likeness (QED) is 0.550. The van der Waals surface area contributed by atoms with Gasteiger partial charge < -0.3 is 5.11 Å². The summed E-state index contributed by atoms with van der Waals surface area (Å²) < 4.78 is 2.14. The Labute approximate surface area is 69.7 Å². The maximum Gasteiger partial charge on any atom is 0.0792 e. The molecule has 0 aromatic rings. The predicted octanol–water partition coefficient (Wildman–Crippen LogP) is 1.18. The van der Waals surface area contributed by atoms with E-state index in [2.05, 4.69) is 26.0 Å². The van der Waals surface area contributed by atoms with Crippen LogP contribution in [0.3, 0.4) is 0 Å². The SMILES string of the molecule is CC[C@@]1(O)CCN(I)C1. The second-order valence-corrected chi connectivity index (χ2v) is 4.04. The van der Waals surface area contributed by atoms with Crippen LogP contribution >= 0.6 is 22.9 Å². The Bertz CT molecular complexity index is 109. The highest BCUT2D eigenvalue weighted by molar-refractivity contribution is 14.1. The van der Waals surface area contributed by atoms with E-state index in [1.807, 2.05) is 6.92 Å². The molecule has 54 valence electrons. The van der Waals surface area contributed by atoms with E-state index in [4.69, 9.17) is 0 Å². The fourth-order valence-corrected chi connectivity index (χ4v) is 1.97. The number of aliphatic hydroxyl groups is 1. The van der Waals surface area contributed by atoms with E-state index in [-0.39, 0.29) is 5.60 Å². The van der Waals surface area contributed by atoms with Crippen molar-refractivity contribution in [3.05, 3.63) is 0 Å². The van der Waals surface area contributed by atoms with Crippen LogP contribution in [0.1, 0.15) is 19.8 Å². The van der Waals surface area contributed by atoms with E-state index >= 15 is 0 Å². The minimum atomic E-state index is -0.374. The maximum absolute atomic E-state index is 9.62. The van der Waals surface area contributed by atoms with Gasteiger partial charge in [0.05, 0.1) is 5.60 Å². The van der Waals surface area contributed by atoms with Gasteiger partial charge in [0.25, 0.3) is 0 Å². The summed E-state index contributed by atoms with van der Waals surface area (Å²) in [5.74, 6) is 0. The zero-order chi connectivity index (χ0) is 6.91. The Balaban J connectivity index is 2.45. The molecule has 0 aliphatic carbocycles. The molecule has 0 aromatic heterocycles. The lowest BCUT2D eigenvalue weighted by Gasteiger charge is -2.18. The summed E-state index contributed by atoms with van der Waals surface area (Å²) in [5.41, 5.74) is -0.374. The molecule has 0 amide bonds. The van der Waals surface area contributed by atoms with Crippen molar-refractivity contribution in [1.29, 1.82) is 0 Å². The van der Waals surface area contributed by atoms with E-state index in [1.165, 1.54) is 0 Å². The standard InChI is InChI=1S/C6H12INO/c1-2-6(9)3-4-8(7)5-6/h9H,2-5H2,1H3/t6-/m1/s1. The first-order valence-corrected chi connectivity index (χ1v) is 4.26. The van der Waals surface area contributed by atoms with Crippen molar-refractivity contribution in [3.8, 4) is 0 Å². The lowest BCUT2D eigenvalue weighted by molar-refractivity contribution is 0.0538. The summed E-state index contributed by atoms with van der Waals surface area (Å²) in [7, 11) is 0. The van der Waals surface area contributed by atoms with E-state index in [0.29, 0.717) is 0 Å². The first-order valence-electron chi connectivity index (χ1n) is 3.29. The Morgan fingerprint density at radius 3 is 2.67 bits per heavy atom. The second-order valence-electron chi connectivity index (χ2n) is 2.67. The van der Waals surface area contributed by atoms with Gasteiger partial charge in [0.15, 0.2) is 0 Å². The minimum absolute atomic E-state index is 0.374. The Morgan fingerprint density at radius 2 is 2.44 bits per heavy atom. The molecule has 1 atom stereocenters. The fourth-order valence-electron chi connectivity index (χ4n) is 1.10. The molecule has 1 aliphatic heterocycles. The van der Waals surface area contributed by atoms with Crippen LogP contribution in [0.4, 0.5) is 0 Å². The number of hydrogen-bond acceptors (Lipinski definition) is 2. The molecule has 0 aromatic carbocycles. The highest BCUT2D eigenvalue weighted by Crippen LogP contribution is 2.26. The number of nitrogens with zero attached hydrogens (tertiary/aromatic N) is 1. The molecule has 0 unspecified atom stereocenters. The first-order chi connectivity index (χ1) is 4.16. The van der Waals surface area contributed by atoms with Gasteiger partial charge in [-0.1, -0.05) is 6.92 Å². The van der Waals surface area contributed by atoms with Gasteiger partial charge in [-0.25, -0.2) is 3.11 Å². The normalized spacial score (nSPS) is 37.7. The molecule has 1 fully saturated rings. The van der Waals surface area contributed by atoms with Crippen molar-refractivity contribution in [1.82, 2.24) is 3.11 Å². The molecule has 0 bridgehead atoms. The minimum Gasteiger partial charge on any atom is -0.388 e. The summed E-state index contributed by atoms with van der Waals surface area (Å²) >= 11 is 2.25. The van der Waals surface area contributed by atoms with Gasteiger partial charge in [0.2, 0.25) is 0 Å². The van der Waals surface area contributed by atoms with Gasteiger partial charge in [-0.05, 0) is 12.8 Å². The molecular weight excluding hydrogens is 229 g/mol. The number of halogens is 1. The van der Waals surface area contributed by atoms with Crippen LogP contribution < -0.4 is 0 Å². The predicted molar refractivity (Wildman–Crippen MR) is 45.5 cm³/mol. The van der Waals surface area contributed by atoms with Gasteiger partial charge in [-0.3, -0.25) is 0 Å².